The molecule has 0 aromatic heterocycles. The Bertz CT molecular complexity index is 1130. The molecule has 180 valence electrons. The number of carbonyl (C=O) groups is 1. The number of aldehydes is 1. The lowest BCUT2D eigenvalue weighted by Crippen LogP contribution is -2.02. The fourth-order valence-corrected chi connectivity index (χ4v) is 4.34. The minimum absolute atomic E-state index is 0.114. The van der Waals surface area contributed by atoms with Crippen molar-refractivity contribution in [3.63, 3.8) is 0 Å². The summed E-state index contributed by atoms with van der Waals surface area (Å²) in [6.07, 6.45) is 9.57. The third-order valence-electron chi connectivity index (χ3n) is 6.22. The lowest BCUT2D eigenvalue weighted by atomic mass is 9.88. The number of hydrogen-bond acceptors (Lipinski definition) is 6. The van der Waals surface area contributed by atoms with E-state index in [0.29, 0.717) is 12.1 Å². The molecule has 0 saturated heterocycles. The molecule has 0 aliphatic carbocycles. The molecule has 0 saturated carbocycles. The van der Waals surface area contributed by atoms with E-state index in [1.807, 2.05) is 36.4 Å². The summed E-state index contributed by atoms with van der Waals surface area (Å²) in [6.45, 7) is 2.19. The molecule has 34 heavy (non-hydrogen) atoms. The van der Waals surface area contributed by atoms with Crippen molar-refractivity contribution >= 4 is 28.4 Å². The molecule has 3 aromatic carbocycles. The SMILES string of the molecule is CCCCCCCCCC(CC=O)c1c(O)cc(O)c(N=Nc2ccc3ccccc3c2)c1O. The number of phenolic OH excluding ortho intramolecular Hbond substituents is 3. The number of hydrogen-bond donors (Lipinski definition) is 3. The minimum atomic E-state index is -0.371. The van der Waals surface area contributed by atoms with Crippen molar-refractivity contribution in [3.05, 3.63) is 54.1 Å². The van der Waals surface area contributed by atoms with Gasteiger partial charge in [-0.05, 0) is 35.2 Å². The first kappa shape index (κ1) is 25.2. The van der Waals surface area contributed by atoms with Crippen molar-refractivity contribution in [3.8, 4) is 17.2 Å². The summed E-state index contributed by atoms with van der Waals surface area (Å²) < 4.78 is 0. The van der Waals surface area contributed by atoms with Gasteiger partial charge in [-0.2, -0.15) is 5.11 Å². The highest BCUT2D eigenvalue weighted by Gasteiger charge is 2.24. The zero-order valence-electron chi connectivity index (χ0n) is 19.8. The van der Waals surface area contributed by atoms with Crippen LogP contribution in [0.25, 0.3) is 10.8 Å². The summed E-state index contributed by atoms with van der Waals surface area (Å²) in [6, 6.07) is 14.6. The average Bonchev–Trinajstić information content (AvgIpc) is 2.83. The van der Waals surface area contributed by atoms with Crippen LogP contribution >= 0.6 is 0 Å². The molecule has 6 heteroatoms. The summed E-state index contributed by atoms with van der Waals surface area (Å²) in [5.41, 5.74) is 0.694. The van der Waals surface area contributed by atoms with Gasteiger partial charge in [0.1, 0.15) is 12.0 Å². The van der Waals surface area contributed by atoms with Crippen molar-refractivity contribution in [1.82, 2.24) is 0 Å². The van der Waals surface area contributed by atoms with Gasteiger partial charge in [0.25, 0.3) is 0 Å². The zero-order valence-corrected chi connectivity index (χ0v) is 19.8. The third kappa shape index (κ3) is 6.56. The molecule has 0 fully saturated rings. The van der Waals surface area contributed by atoms with E-state index < -0.39 is 0 Å². The number of benzene rings is 3. The fraction of sp³-hybridized carbons (Fsp3) is 0.393. The van der Waals surface area contributed by atoms with E-state index in [2.05, 4.69) is 17.2 Å². The molecule has 3 aromatic rings. The fourth-order valence-electron chi connectivity index (χ4n) is 4.34. The van der Waals surface area contributed by atoms with E-state index in [9.17, 15) is 20.1 Å². The van der Waals surface area contributed by atoms with Gasteiger partial charge in [-0.3, -0.25) is 0 Å². The van der Waals surface area contributed by atoms with Gasteiger partial charge in [0.05, 0.1) is 5.69 Å². The highest BCUT2D eigenvalue weighted by atomic mass is 16.3. The maximum Gasteiger partial charge on any atom is 0.169 e. The molecule has 3 rings (SSSR count). The van der Waals surface area contributed by atoms with E-state index in [0.717, 1.165) is 42.4 Å². The molecule has 0 aliphatic rings. The Hall–Kier alpha value is -3.41. The predicted molar refractivity (Wildman–Crippen MR) is 136 cm³/mol. The summed E-state index contributed by atoms with van der Waals surface area (Å²) in [4.78, 5) is 11.3. The summed E-state index contributed by atoms with van der Waals surface area (Å²) >= 11 is 0. The Labute approximate surface area is 201 Å². The van der Waals surface area contributed by atoms with Crippen molar-refractivity contribution in [1.29, 1.82) is 0 Å². The molecule has 0 amide bonds. The second-order valence-corrected chi connectivity index (χ2v) is 8.77. The van der Waals surface area contributed by atoms with E-state index in [-0.39, 0.29) is 40.8 Å². The zero-order chi connectivity index (χ0) is 24.3. The smallest absolute Gasteiger partial charge is 0.169 e. The molecular formula is C28H34N2O4. The number of phenols is 3. The lowest BCUT2D eigenvalue weighted by molar-refractivity contribution is -0.108. The van der Waals surface area contributed by atoms with Crippen LogP contribution in [0.3, 0.4) is 0 Å². The number of fused-ring (bicyclic) bond motifs is 1. The maximum absolute atomic E-state index is 11.3. The summed E-state index contributed by atoms with van der Waals surface area (Å²) in [5.74, 6) is -1.31. The molecule has 1 unspecified atom stereocenters. The normalized spacial score (nSPS) is 12.4. The number of nitrogens with zero attached hydrogens (tertiary/aromatic N) is 2. The molecule has 0 radical (unpaired) electrons. The third-order valence-corrected chi connectivity index (χ3v) is 6.22. The second-order valence-electron chi connectivity index (χ2n) is 8.77. The number of azo groups is 1. The topological polar surface area (TPSA) is 102 Å². The highest BCUT2D eigenvalue weighted by molar-refractivity contribution is 5.85. The summed E-state index contributed by atoms with van der Waals surface area (Å²) in [7, 11) is 0. The maximum atomic E-state index is 11.3. The van der Waals surface area contributed by atoms with Crippen LogP contribution in [0, 0.1) is 0 Å². The Morgan fingerprint density at radius 1 is 0.824 bits per heavy atom. The largest absolute Gasteiger partial charge is 0.507 e. The van der Waals surface area contributed by atoms with E-state index >= 15 is 0 Å². The Balaban J connectivity index is 1.79. The molecular weight excluding hydrogens is 428 g/mol. The molecule has 0 spiro atoms. The van der Waals surface area contributed by atoms with Crippen LogP contribution in [-0.4, -0.2) is 21.6 Å². The van der Waals surface area contributed by atoms with Gasteiger partial charge in [0.2, 0.25) is 0 Å². The number of unbranched alkanes of at least 4 members (excludes halogenated alkanes) is 6. The van der Waals surface area contributed by atoms with Gasteiger partial charge in [-0.15, -0.1) is 5.11 Å². The van der Waals surface area contributed by atoms with Gasteiger partial charge in [0.15, 0.2) is 17.2 Å². The van der Waals surface area contributed by atoms with Gasteiger partial charge < -0.3 is 20.1 Å². The Morgan fingerprint density at radius 2 is 1.53 bits per heavy atom. The first-order chi connectivity index (χ1) is 16.5. The van der Waals surface area contributed by atoms with E-state index in [4.69, 9.17) is 0 Å². The van der Waals surface area contributed by atoms with Crippen molar-refractivity contribution < 1.29 is 20.1 Å². The van der Waals surface area contributed by atoms with Crippen LogP contribution in [-0.2, 0) is 4.79 Å². The second kappa shape index (κ2) is 12.7. The molecule has 3 N–H and O–H groups in total. The monoisotopic (exact) mass is 462 g/mol. The molecule has 0 heterocycles. The number of aromatic hydroxyl groups is 3. The Morgan fingerprint density at radius 3 is 2.26 bits per heavy atom. The average molecular weight is 463 g/mol. The van der Waals surface area contributed by atoms with Crippen molar-refractivity contribution in [2.24, 2.45) is 10.2 Å². The van der Waals surface area contributed by atoms with Crippen LogP contribution in [0.5, 0.6) is 17.2 Å². The van der Waals surface area contributed by atoms with Gasteiger partial charge in [0, 0.05) is 18.1 Å². The summed E-state index contributed by atoms with van der Waals surface area (Å²) in [5, 5.41) is 42.1. The van der Waals surface area contributed by atoms with Crippen molar-refractivity contribution in [2.45, 2.75) is 70.6 Å². The standard InChI is InChI=1S/C28H34N2O4/c1-2-3-4-5-6-7-8-12-21(16-17-31)26-24(32)19-25(33)27(28(26)34)30-29-23-15-14-20-11-9-10-13-22(20)18-23/h9-11,13-15,17-19,21,32-34H,2-8,12,16H2,1H3. The minimum Gasteiger partial charge on any atom is -0.507 e. The van der Waals surface area contributed by atoms with Crippen LogP contribution in [0.15, 0.2) is 58.8 Å². The van der Waals surface area contributed by atoms with Gasteiger partial charge in [-0.1, -0.05) is 82.2 Å². The van der Waals surface area contributed by atoms with E-state index in [1.165, 1.54) is 25.7 Å². The first-order valence-electron chi connectivity index (χ1n) is 12.2. The van der Waals surface area contributed by atoms with Gasteiger partial charge >= 0.3 is 0 Å². The van der Waals surface area contributed by atoms with Crippen LogP contribution in [0.4, 0.5) is 11.4 Å². The highest BCUT2D eigenvalue weighted by Crippen LogP contribution is 2.49. The van der Waals surface area contributed by atoms with Crippen LogP contribution < -0.4 is 0 Å². The Kier molecular flexibility index (Phi) is 9.44. The quantitative estimate of drug-likeness (QED) is 0.135. The van der Waals surface area contributed by atoms with Crippen LogP contribution in [0.2, 0.25) is 0 Å². The molecule has 6 nitrogen and oxygen atoms in total. The number of carbonyl (C=O) groups excluding carboxylic acids is 1. The lowest BCUT2D eigenvalue weighted by Gasteiger charge is -2.19. The van der Waals surface area contributed by atoms with Crippen LogP contribution in [0.1, 0.15) is 76.2 Å². The predicted octanol–water partition coefficient (Wildman–Crippen LogP) is 8.19. The van der Waals surface area contributed by atoms with Gasteiger partial charge in [-0.25, -0.2) is 0 Å². The van der Waals surface area contributed by atoms with Crippen molar-refractivity contribution in [2.75, 3.05) is 0 Å². The first-order valence-corrected chi connectivity index (χ1v) is 12.2. The molecule has 0 bridgehead atoms. The van der Waals surface area contributed by atoms with E-state index in [1.54, 1.807) is 6.07 Å². The number of rotatable bonds is 13. The molecule has 0 aliphatic heterocycles. The molecule has 1 atom stereocenters.